The Morgan fingerprint density at radius 2 is 1.73 bits per heavy atom. The number of carbonyl (C=O) groups excluding carboxylic acids is 1. The van der Waals surface area contributed by atoms with Gasteiger partial charge in [-0.3, -0.25) is 4.79 Å². The fourth-order valence-corrected chi connectivity index (χ4v) is 12.3. The van der Waals surface area contributed by atoms with Crippen molar-refractivity contribution in [2.45, 2.75) is 156 Å². The number of ether oxygens (including phenoxy) is 2. The Bertz CT molecular complexity index is 1390. The van der Waals surface area contributed by atoms with E-state index in [9.17, 15) is 4.79 Å². The maximum atomic E-state index is 15.1. The van der Waals surface area contributed by atoms with Crippen LogP contribution in [0.3, 0.4) is 0 Å². The molecule has 0 spiro atoms. The Morgan fingerprint density at radius 3 is 2.40 bits per heavy atom. The molecule has 1 aromatic rings. The molecule has 1 unspecified atom stereocenters. The van der Waals surface area contributed by atoms with E-state index < -0.39 is 41.0 Å². The first-order valence-electron chi connectivity index (χ1n) is 17.4. The van der Waals surface area contributed by atoms with E-state index in [0.29, 0.717) is 43.1 Å². The van der Waals surface area contributed by atoms with Gasteiger partial charge < -0.3 is 18.8 Å². The third kappa shape index (κ3) is 6.08. The van der Waals surface area contributed by atoms with Gasteiger partial charge in [0.2, 0.25) is 5.91 Å². The molecular weight excluding hydrogens is 603 g/mol. The molecule has 0 bridgehead atoms. The van der Waals surface area contributed by atoms with E-state index in [0.717, 1.165) is 44.9 Å². The predicted octanol–water partition coefficient (Wildman–Crippen LogP) is 6.87. The maximum absolute atomic E-state index is 15.1. The van der Waals surface area contributed by atoms with Gasteiger partial charge in [0.25, 0.3) is 0 Å². The lowest BCUT2D eigenvalue weighted by molar-refractivity contribution is -0.187. The van der Waals surface area contributed by atoms with E-state index in [4.69, 9.17) is 13.9 Å². The number of carbonyl (C=O) groups is 1. The molecule has 3 heterocycles. The number of fused-ring (bicyclic) bond motifs is 3. The summed E-state index contributed by atoms with van der Waals surface area (Å²) in [7, 11) is -6.22. The van der Waals surface area contributed by atoms with E-state index in [-0.39, 0.29) is 29.4 Å². The van der Waals surface area contributed by atoms with Crippen molar-refractivity contribution in [3.8, 4) is 11.8 Å². The van der Waals surface area contributed by atoms with Crippen LogP contribution in [0.2, 0.25) is 18.1 Å². The van der Waals surface area contributed by atoms with Gasteiger partial charge in [0, 0.05) is 19.1 Å². The van der Waals surface area contributed by atoms with Gasteiger partial charge in [-0.15, -0.1) is 0 Å². The number of sulfone groups is 1. The van der Waals surface area contributed by atoms with Gasteiger partial charge in [-0.05, 0) is 87.5 Å². The minimum atomic E-state index is -3.90. The van der Waals surface area contributed by atoms with Crippen molar-refractivity contribution in [2.24, 2.45) is 11.8 Å². The molecule has 45 heavy (non-hydrogen) atoms. The first-order valence-corrected chi connectivity index (χ1v) is 21.8. The van der Waals surface area contributed by atoms with Crippen LogP contribution in [0.5, 0.6) is 0 Å². The van der Waals surface area contributed by atoms with Gasteiger partial charge in [0.15, 0.2) is 24.4 Å². The normalized spacial score (nSPS) is 33.4. The molecule has 248 valence electrons. The zero-order valence-electron chi connectivity index (χ0n) is 27.9. The third-order valence-corrected chi connectivity index (χ3v) is 19.0. The Balaban J connectivity index is 1.47. The van der Waals surface area contributed by atoms with Gasteiger partial charge in [-0.2, -0.15) is 0 Å². The Labute approximate surface area is 272 Å². The van der Waals surface area contributed by atoms with Crippen LogP contribution in [0, 0.1) is 23.7 Å². The lowest BCUT2D eigenvalue weighted by Gasteiger charge is -2.41. The van der Waals surface area contributed by atoms with Crippen molar-refractivity contribution < 1.29 is 27.1 Å². The largest absolute Gasteiger partial charge is 0.413 e. The highest BCUT2D eigenvalue weighted by molar-refractivity contribution is 7.93. The van der Waals surface area contributed by atoms with Crippen LogP contribution >= 0.6 is 0 Å². The molecule has 3 aliphatic heterocycles. The summed E-state index contributed by atoms with van der Waals surface area (Å²) in [6.45, 7) is 11.8. The SMILES string of the molecule is CC(C)(C)[Si](C)(C)O[C@@H]1C[C@@H]2N3C(=O)CC[C@H]3C[C@]2(S(=O)(=O)c2ccccc2)[C@H]1C#C[C@@H](OC1CCCCO1)C1CCCCC1. The molecule has 2 aliphatic carbocycles. The van der Waals surface area contributed by atoms with Crippen molar-refractivity contribution in [3.63, 3.8) is 0 Å². The molecule has 9 heteroatoms. The molecule has 7 atom stereocenters. The van der Waals surface area contributed by atoms with Gasteiger partial charge in [-0.25, -0.2) is 8.42 Å². The zero-order chi connectivity index (χ0) is 32.0. The smallest absolute Gasteiger partial charge is 0.223 e. The summed E-state index contributed by atoms with van der Waals surface area (Å²) in [6.07, 6.45) is 9.72. The lowest BCUT2D eigenvalue weighted by atomic mass is 9.84. The molecule has 0 aromatic heterocycles. The first kappa shape index (κ1) is 33.2. The molecule has 5 aliphatic rings. The van der Waals surface area contributed by atoms with E-state index >= 15 is 8.42 Å². The topological polar surface area (TPSA) is 82.1 Å². The Kier molecular flexibility index (Phi) is 9.39. The number of nitrogens with zero attached hydrogens (tertiary/aromatic N) is 1. The number of hydrogen-bond acceptors (Lipinski definition) is 6. The van der Waals surface area contributed by atoms with Crippen molar-refractivity contribution in [1.82, 2.24) is 4.90 Å². The molecule has 0 N–H and O–H groups in total. The molecular formula is C36H53NO6SSi. The highest BCUT2D eigenvalue weighted by atomic mass is 32.2. The number of rotatable bonds is 7. The van der Waals surface area contributed by atoms with Crippen molar-refractivity contribution >= 4 is 24.1 Å². The van der Waals surface area contributed by atoms with Crippen LogP contribution in [0.1, 0.15) is 97.8 Å². The summed E-state index contributed by atoms with van der Waals surface area (Å²) < 4.78 is 48.7. The summed E-state index contributed by atoms with van der Waals surface area (Å²) in [6, 6.07) is 8.28. The summed E-state index contributed by atoms with van der Waals surface area (Å²) >= 11 is 0. The Morgan fingerprint density at radius 1 is 1.02 bits per heavy atom. The second-order valence-corrected chi connectivity index (χ2v) is 22.6. The molecule has 3 saturated heterocycles. The van der Waals surface area contributed by atoms with Crippen molar-refractivity contribution in [1.29, 1.82) is 0 Å². The predicted molar refractivity (Wildman–Crippen MR) is 178 cm³/mol. The number of amides is 1. The average molecular weight is 656 g/mol. The monoisotopic (exact) mass is 655 g/mol. The van der Waals surface area contributed by atoms with Crippen molar-refractivity contribution in [3.05, 3.63) is 30.3 Å². The minimum Gasteiger partial charge on any atom is -0.413 e. The standard InChI is InChI=1S/C36H53NO6SSi/c1-35(2,3)45(4,5)43-31-24-32-36(25-27-19-22-33(38)37(27)32,44(39,40)28-16-10-7-11-17-28)29(31)20-21-30(26-14-8-6-9-15-26)42-34-18-12-13-23-41-34/h7,10-11,16-17,26-27,29-32,34H,6,8-9,12-15,18-19,22-25H2,1-5H3/t27-,29-,30+,31+,32-,34?,36-/m0/s1. The fraction of sp³-hybridized carbons (Fsp3) is 0.750. The molecule has 7 nitrogen and oxygen atoms in total. The molecule has 1 aromatic carbocycles. The van der Waals surface area contributed by atoms with Crippen LogP contribution in [0.25, 0.3) is 0 Å². The Hall–Kier alpha value is -1.70. The molecule has 2 saturated carbocycles. The maximum Gasteiger partial charge on any atom is 0.223 e. The number of benzene rings is 1. The molecule has 6 rings (SSSR count). The van der Waals surface area contributed by atoms with Gasteiger partial charge >= 0.3 is 0 Å². The molecule has 5 fully saturated rings. The van der Waals surface area contributed by atoms with Gasteiger partial charge in [0.1, 0.15) is 10.9 Å². The van der Waals surface area contributed by atoms with Crippen LogP contribution in [-0.2, 0) is 28.5 Å². The summed E-state index contributed by atoms with van der Waals surface area (Å²) in [5.41, 5.74) is 0. The summed E-state index contributed by atoms with van der Waals surface area (Å²) in [5, 5.41) is -0.0633. The highest BCUT2D eigenvalue weighted by Gasteiger charge is 2.71. The quantitative estimate of drug-likeness (QED) is 0.236. The van der Waals surface area contributed by atoms with Crippen molar-refractivity contribution in [2.75, 3.05) is 6.61 Å². The van der Waals surface area contributed by atoms with Crippen LogP contribution in [0.15, 0.2) is 35.2 Å². The second kappa shape index (κ2) is 12.7. The van der Waals surface area contributed by atoms with Gasteiger partial charge in [0.05, 0.1) is 23.0 Å². The lowest BCUT2D eigenvalue weighted by Crippen LogP contribution is -2.52. The van der Waals surface area contributed by atoms with E-state index in [1.54, 1.807) is 24.3 Å². The van der Waals surface area contributed by atoms with E-state index in [1.165, 1.54) is 6.42 Å². The van der Waals surface area contributed by atoms with Crippen LogP contribution in [0.4, 0.5) is 0 Å². The first-order chi connectivity index (χ1) is 21.3. The third-order valence-electron chi connectivity index (χ3n) is 11.9. The molecule has 0 radical (unpaired) electrons. The van der Waals surface area contributed by atoms with Crippen LogP contribution < -0.4 is 0 Å². The molecule has 1 amide bonds. The van der Waals surface area contributed by atoms with E-state index in [1.807, 2.05) is 11.0 Å². The summed E-state index contributed by atoms with van der Waals surface area (Å²) in [4.78, 5) is 15.6. The second-order valence-electron chi connectivity index (χ2n) is 15.7. The average Bonchev–Trinajstić information content (AvgIpc) is 3.64. The highest BCUT2D eigenvalue weighted by Crippen LogP contribution is 2.58. The van der Waals surface area contributed by atoms with Gasteiger partial charge in [-0.1, -0.05) is 70.1 Å². The van der Waals surface area contributed by atoms with Crippen LogP contribution in [-0.4, -0.2) is 69.5 Å². The number of hydrogen-bond donors (Lipinski definition) is 0. The fourth-order valence-electron chi connectivity index (χ4n) is 8.46. The summed E-state index contributed by atoms with van der Waals surface area (Å²) in [5.74, 6) is 7.00. The van der Waals surface area contributed by atoms with E-state index in [2.05, 4.69) is 45.7 Å². The minimum absolute atomic E-state index is 0.0627. The zero-order valence-corrected chi connectivity index (χ0v) is 29.7.